The third-order valence-electron chi connectivity index (χ3n) is 2.48. The minimum Gasteiger partial charge on any atom is -0.392 e. The zero-order valence-corrected chi connectivity index (χ0v) is 12.7. The average molecular weight is 324 g/mol. The first-order valence-electron chi connectivity index (χ1n) is 5.97. The van der Waals surface area contributed by atoms with Gasteiger partial charge in [-0.15, -0.1) is 0 Å². The molecule has 0 fully saturated rings. The highest BCUT2D eigenvalue weighted by Gasteiger charge is 2.14. The fraction of sp³-hybridized carbons (Fsp3) is 0.500. The van der Waals surface area contributed by atoms with Crippen LogP contribution in [-0.4, -0.2) is 47.0 Å². The fourth-order valence-corrected chi connectivity index (χ4v) is 2.74. The molecular weight excluding hydrogens is 306 g/mol. The first-order valence-corrected chi connectivity index (χ1v) is 7.83. The average Bonchev–Trinajstić information content (AvgIpc) is 2.42. The number of aliphatic hydroxyl groups is 1. The lowest BCUT2D eigenvalue weighted by molar-refractivity contribution is 0.0736. The second kappa shape index (κ2) is 8.56. The molecule has 2 N–H and O–H groups in total. The van der Waals surface area contributed by atoms with E-state index in [1.165, 1.54) is 18.2 Å². The first-order chi connectivity index (χ1) is 9.51. The van der Waals surface area contributed by atoms with E-state index in [2.05, 4.69) is 4.72 Å². The van der Waals surface area contributed by atoms with E-state index in [4.69, 9.17) is 26.2 Å². The summed E-state index contributed by atoms with van der Waals surface area (Å²) in [7, 11) is -2.07. The van der Waals surface area contributed by atoms with Crippen LogP contribution in [0.15, 0.2) is 23.1 Å². The molecule has 0 aliphatic rings. The Labute approximate surface area is 123 Å². The van der Waals surface area contributed by atoms with Gasteiger partial charge in [-0.3, -0.25) is 0 Å². The number of methoxy groups -OCH3 is 1. The number of hydrogen-bond acceptors (Lipinski definition) is 5. The quantitative estimate of drug-likeness (QED) is 0.656. The van der Waals surface area contributed by atoms with E-state index in [0.717, 1.165) is 0 Å². The van der Waals surface area contributed by atoms with Crippen molar-refractivity contribution in [3.63, 3.8) is 0 Å². The summed E-state index contributed by atoms with van der Waals surface area (Å²) in [6, 6.07) is 4.18. The van der Waals surface area contributed by atoms with Crippen LogP contribution in [0.25, 0.3) is 0 Å². The van der Waals surface area contributed by atoms with E-state index in [0.29, 0.717) is 18.8 Å². The summed E-state index contributed by atoms with van der Waals surface area (Å²) in [5.41, 5.74) is 0.480. The number of benzene rings is 1. The lowest BCUT2D eigenvalue weighted by Gasteiger charge is -2.09. The van der Waals surface area contributed by atoms with Gasteiger partial charge in [0.15, 0.2) is 0 Å². The van der Waals surface area contributed by atoms with Crippen LogP contribution in [0.5, 0.6) is 0 Å². The lowest BCUT2D eigenvalue weighted by Crippen LogP contribution is -2.27. The molecule has 0 aliphatic heterocycles. The van der Waals surface area contributed by atoms with E-state index in [1.807, 2.05) is 0 Å². The third kappa shape index (κ3) is 5.35. The Hall–Kier alpha value is -0.700. The highest BCUT2D eigenvalue weighted by atomic mass is 35.5. The highest BCUT2D eigenvalue weighted by molar-refractivity contribution is 7.89. The topological polar surface area (TPSA) is 84.9 Å². The summed E-state index contributed by atoms with van der Waals surface area (Å²) < 4.78 is 36.3. The van der Waals surface area contributed by atoms with Crippen LogP contribution >= 0.6 is 11.6 Å². The zero-order valence-electron chi connectivity index (χ0n) is 11.1. The maximum Gasteiger partial charge on any atom is 0.240 e. The van der Waals surface area contributed by atoms with Gasteiger partial charge < -0.3 is 14.6 Å². The zero-order chi connectivity index (χ0) is 15.0. The van der Waals surface area contributed by atoms with Gasteiger partial charge in [0.1, 0.15) is 0 Å². The molecule has 0 saturated carbocycles. The number of halogens is 1. The van der Waals surface area contributed by atoms with Crippen LogP contribution in [0.1, 0.15) is 5.56 Å². The molecule has 0 bridgehead atoms. The number of rotatable bonds is 9. The van der Waals surface area contributed by atoms with Crippen molar-refractivity contribution in [2.75, 3.05) is 33.5 Å². The van der Waals surface area contributed by atoms with Crippen molar-refractivity contribution < 1.29 is 23.0 Å². The molecule has 0 aromatic heterocycles. The molecule has 114 valence electrons. The molecule has 1 aromatic carbocycles. The van der Waals surface area contributed by atoms with Crippen LogP contribution in [0.3, 0.4) is 0 Å². The molecule has 0 unspecified atom stereocenters. The predicted molar refractivity (Wildman–Crippen MR) is 75.3 cm³/mol. The van der Waals surface area contributed by atoms with E-state index >= 15 is 0 Å². The number of sulfonamides is 1. The molecule has 0 saturated heterocycles. The molecule has 0 radical (unpaired) electrons. The van der Waals surface area contributed by atoms with E-state index in [1.54, 1.807) is 7.11 Å². The van der Waals surface area contributed by atoms with Crippen LogP contribution in [0, 0.1) is 0 Å². The Morgan fingerprint density at radius 1 is 1.30 bits per heavy atom. The Morgan fingerprint density at radius 2 is 2.05 bits per heavy atom. The molecule has 6 nitrogen and oxygen atoms in total. The Bertz CT molecular complexity index is 521. The molecule has 1 rings (SSSR count). The van der Waals surface area contributed by atoms with E-state index in [-0.39, 0.29) is 29.7 Å². The SMILES string of the molecule is COCCOCCNS(=O)(=O)c1ccc(CO)c(Cl)c1. The Balaban J connectivity index is 2.54. The summed E-state index contributed by atoms with van der Waals surface area (Å²) in [4.78, 5) is 0.0524. The second-order valence-corrected chi connectivity index (χ2v) is 6.09. The summed E-state index contributed by atoms with van der Waals surface area (Å²) >= 11 is 5.86. The standard InChI is InChI=1S/C12H18ClNO5S/c1-18-6-7-19-5-4-14-20(16,17)11-3-2-10(9-15)12(13)8-11/h2-3,8,14-15H,4-7,9H2,1H3. The molecule has 0 heterocycles. The molecule has 8 heteroatoms. The molecule has 1 aromatic rings. The van der Waals surface area contributed by atoms with Gasteiger partial charge in [0.05, 0.1) is 31.3 Å². The van der Waals surface area contributed by atoms with Crippen molar-refractivity contribution in [1.82, 2.24) is 4.72 Å². The molecule has 0 spiro atoms. The molecular formula is C12H18ClNO5S. The van der Waals surface area contributed by atoms with E-state index in [9.17, 15) is 8.42 Å². The van der Waals surface area contributed by atoms with Gasteiger partial charge in [0.25, 0.3) is 0 Å². The van der Waals surface area contributed by atoms with Gasteiger partial charge in [0, 0.05) is 18.7 Å². The van der Waals surface area contributed by atoms with Crippen LogP contribution in [0.2, 0.25) is 5.02 Å². The second-order valence-electron chi connectivity index (χ2n) is 3.91. The van der Waals surface area contributed by atoms with Crippen molar-refractivity contribution in [2.45, 2.75) is 11.5 Å². The van der Waals surface area contributed by atoms with Crippen molar-refractivity contribution in [3.05, 3.63) is 28.8 Å². The summed E-state index contributed by atoms with van der Waals surface area (Å²) in [5.74, 6) is 0. The van der Waals surface area contributed by atoms with Gasteiger partial charge in [-0.2, -0.15) is 0 Å². The van der Waals surface area contributed by atoms with Gasteiger partial charge in [-0.25, -0.2) is 13.1 Å². The van der Waals surface area contributed by atoms with Crippen LogP contribution < -0.4 is 4.72 Å². The molecule has 0 aliphatic carbocycles. The normalized spacial score (nSPS) is 11.8. The summed E-state index contributed by atoms with van der Waals surface area (Å²) in [5, 5.41) is 9.19. The van der Waals surface area contributed by atoms with Crippen LogP contribution in [0.4, 0.5) is 0 Å². The molecule has 20 heavy (non-hydrogen) atoms. The maximum atomic E-state index is 12.0. The maximum absolute atomic E-state index is 12.0. The number of hydrogen-bond donors (Lipinski definition) is 2. The lowest BCUT2D eigenvalue weighted by atomic mass is 10.2. The van der Waals surface area contributed by atoms with Crippen molar-refractivity contribution >= 4 is 21.6 Å². The molecule has 0 atom stereocenters. The Kier molecular flexibility index (Phi) is 7.42. The van der Waals surface area contributed by atoms with Crippen molar-refractivity contribution in [3.8, 4) is 0 Å². The fourth-order valence-electron chi connectivity index (χ4n) is 1.40. The van der Waals surface area contributed by atoms with Gasteiger partial charge in [-0.05, 0) is 17.7 Å². The number of aliphatic hydroxyl groups excluding tert-OH is 1. The minimum atomic E-state index is -3.63. The monoisotopic (exact) mass is 323 g/mol. The summed E-state index contributed by atoms with van der Waals surface area (Å²) in [6.45, 7) is 1.05. The third-order valence-corrected chi connectivity index (χ3v) is 4.29. The van der Waals surface area contributed by atoms with Gasteiger partial charge in [-0.1, -0.05) is 17.7 Å². The van der Waals surface area contributed by atoms with Crippen molar-refractivity contribution in [2.24, 2.45) is 0 Å². The Morgan fingerprint density at radius 3 is 2.65 bits per heavy atom. The summed E-state index contributed by atoms with van der Waals surface area (Å²) in [6.07, 6.45) is 0. The van der Waals surface area contributed by atoms with Crippen LogP contribution in [-0.2, 0) is 26.1 Å². The smallest absolute Gasteiger partial charge is 0.240 e. The molecule has 0 amide bonds. The first kappa shape index (κ1) is 17.4. The van der Waals surface area contributed by atoms with E-state index < -0.39 is 10.0 Å². The van der Waals surface area contributed by atoms with Gasteiger partial charge in [0.2, 0.25) is 10.0 Å². The van der Waals surface area contributed by atoms with Gasteiger partial charge >= 0.3 is 0 Å². The highest BCUT2D eigenvalue weighted by Crippen LogP contribution is 2.20. The number of nitrogens with one attached hydrogen (secondary N) is 1. The predicted octanol–water partition coefficient (Wildman–Crippen LogP) is 0.774. The van der Waals surface area contributed by atoms with Crippen molar-refractivity contribution in [1.29, 1.82) is 0 Å². The minimum absolute atomic E-state index is 0.0524. The number of ether oxygens (including phenoxy) is 2. The largest absolute Gasteiger partial charge is 0.392 e.